The molecule has 144 valence electrons. The largest absolute Gasteiger partial charge is 0.378 e. The van der Waals surface area contributed by atoms with Gasteiger partial charge in [0.2, 0.25) is 0 Å². The minimum atomic E-state index is 0.458. The van der Waals surface area contributed by atoms with Gasteiger partial charge in [0, 0.05) is 12.6 Å². The standard InChI is InChI=1S/C13H26O.C9H19N/c1-6-7-14-11-8-12(2,3)10-13(4,5)9-11;1-2-8-10-9-6-4-3-5-7-9/h11H,6-10H2,1-5H3;9-10H,2-8H2,1H3. The topological polar surface area (TPSA) is 21.3 Å². The average molecular weight is 340 g/mol. The molecular weight excluding hydrogens is 294 g/mol. The monoisotopic (exact) mass is 339 g/mol. The van der Waals surface area contributed by atoms with Crippen molar-refractivity contribution in [2.75, 3.05) is 13.2 Å². The summed E-state index contributed by atoms with van der Waals surface area (Å²) in [6.45, 7) is 16.0. The highest BCUT2D eigenvalue weighted by atomic mass is 16.5. The van der Waals surface area contributed by atoms with E-state index < -0.39 is 0 Å². The number of hydrogen-bond acceptors (Lipinski definition) is 2. The molecule has 2 aliphatic carbocycles. The van der Waals surface area contributed by atoms with Crippen LogP contribution < -0.4 is 5.32 Å². The summed E-state index contributed by atoms with van der Waals surface area (Å²) in [5, 5.41) is 3.57. The molecule has 0 aromatic heterocycles. The maximum absolute atomic E-state index is 5.90. The molecule has 0 radical (unpaired) electrons. The van der Waals surface area contributed by atoms with Gasteiger partial charge in [-0.15, -0.1) is 0 Å². The van der Waals surface area contributed by atoms with E-state index in [1.807, 2.05) is 0 Å². The van der Waals surface area contributed by atoms with Crippen LogP contribution >= 0.6 is 0 Å². The van der Waals surface area contributed by atoms with Gasteiger partial charge in [0.05, 0.1) is 6.10 Å². The van der Waals surface area contributed by atoms with E-state index in [0.29, 0.717) is 16.9 Å². The van der Waals surface area contributed by atoms with Crippen molar-refractivity contribution in [1.82, 2.24) is 5.32 Å². The maximum Gasteiger partial charge on any atom is 0.0585 e. The molecule has 0 atom stereocenters. The van der Waals surface area contributed by atoms with Gasteiger partial charge in [0.25, 0.3) is 0 Å². The van der Waals surface area contributed by atoms with Gasteiger partial charge in [0.15, 0.2) is 0 Å². The van der Waals surface area contributed by atoms with Crippen molar-refractivity contribution in [3.05, 3.63) is 0 Å². The summed E-state index contributed by atoms with van der Waals surface area (Å²) in [4.78, 5) is 0. The summed E-state index contributed by atoms with van der Waals surface area (Å²) in [5.41, 5.74) is 0.917. The Morgan fingerprint density at radius 2 is 1.46 bits per heavy atom. The zero-order chi connectivity index (χ0) is 18.1. The van der Waals surface area contributed by atoms with Gasteiger partial charge >= 0.3 is 0 Å². The van der Waals surface area contributed by atoms with Crippen molar-refractivity contribution < 1.29 is 4.74 Å². The lowest BCUT2D eigenvalue weighted by Gasteiger charge is -2.44. The lowest BCUT2D eigenvalue weighted by atomic mass is 9.64. The number of hydrogen-bond donors (Lipinski definition) is 1. The van der Waals surface area contributed by atoms with Crippen LogP contribution in [0.4, 0.5) is 0 Å². The first kappa shape index (κ1) is 22.0. The summed E-state index contributed by atoms with van der Waals surface area (Å²) in [7, 11) is 0. The van der Waals surface area contributed by atoms with Crippen molar-refractivity contribution >= 4 is 0 Å². The van der Waals surface area contributed by atoms with E-state index in [1.54, 1.807) is 0 Å². The summed E-state index contributed by atoms with van der Waals surface area (Å²) >= 11 is 0. The van der Waals surface area contributed by atoms with Crippen molar-refractivity contribution in [1.29, 1.82) is 0 Å². The molecular formula is C22H45NO. The molecule has 0 saturated heterocycles. The molecule has 0 heterocycles. The molecule has 2 nitrogen and oxygen atoms in total. The second-order valence-corrected chi connectivity index (χ2v) is 9.70. The molecule has 24 heavy (non-hydrogen) atoms. The third-order valence-corrected chi connectivity index (χ3v) is 5.36. The molecule has 0 spiro atoms. The quantitative estimate of drug-likeness (QED) is 0.610. The highest BCUT2D eigenvalue weighted by Gasteiger charge is 2.38. The molecule has 0 aromatic carbocycles. The third-order valence-electron chi connectivity index (χ3n) is 5.36. The van der Waals surface area contributed by atoms with E-state index >= 15 is 0 Å². The first-order valence-electron chi connectivity index (χ1n) is 10.6. The van der Waals surface area contributed by atoms with E-state index in [9.17, 15) is 0 Å². The van der Waals surface area contributed by atoms with E-state index in [2.05, 4.69) is 46.9 Å². The molecule has 0 bridgehead atoms. The van der Waals surface area contributed by atoms with Crippen LogP contribution in [0.2, 0.25) is 0 Å². The summed E-state index contributed by atoms with van der Waals surface area (Å²) in [6.07, 6.45) is 13.9. The molecule has 0 aliphatic heterocycles. The van der Waals surface area contributed by atoms with Gasteiger partial charge in [-0.1, -0.05) is 60.8 Å². The van der Waals surface area contributed by atoms with E-state index in [0.717, 1.165) is 19.1 Å². The first-order chi connectivity index (χ1) is 11.3. The van der Waals surface area contributed by atoms with Crippen LogP contribution in [0.5, 0.6) is 0 Å². The minimum absolute atomic E-state index is 0.458. The number of rotatable bonds is 6. The van der Waals surface area contributed by atoms with Crippen LogP contribution in [0.3, 0.4) is 0 Å². The predicted molar refractivity (Wildman–Crippen MR) is 107 cm³/mol. The fraction of sp³-hybridized carbons (Fsp3) is 1.00. The van der Waals surface area contributed by atoms with E-state index in [4.69, 9.17) is 4.74 Å². The fourth-order valence-electron chi connectivity index (χ4n) is 4.80. The molecule has 2 saturated carbocycles. The van der Waals surface area contributed by atoms with Crippen molar-refractivity contribution in [2.24, 2.45) is 10.8 Å². The Hall–Kier alpha value is -0.0800. The third kappa shape index (κ3) is 9.42. The molecule has 2 heteroatoms. The molecule has 2 aliphatic rings. The van der Waals surface area contributed by atoms with Crippen LogP contribution in [0.25, 0.3) is 0 Å². The van der Waals surface area contributed by atoms with E-state index in [-0.39, 0.29) is 0 Å². The van der Waals surface area contributed by atoms with Gasteiger partial charge in [0.1, 0.15) is 0 Å². The molecule has 2 rings (SSSR count). The van der Waals surface area contributed by atoms with Crippen LogP contribution in [0, 0.1) is 10.8 Å². The number of nitrogens with one attached hydrogen (secondary N) is 1. The van der Waals surface area contributed by atoms with Gasteiger partial charge in [-0.2, -0.15) is 0 Å². The Kier molecular flexibility index (Phi) is 9.89. The first-order valence-corrected chi connectivity index (χ1v) is 10.6. The average Bonchev–Trinajstić information content (AvgIpc) is 2.49. The Morgan fingerprint density at radius 3 is 1.96 bits per heavy atom. The smallest absolute Gasteiger partial charge is 0.0585 e. The molecule has 0 amide bonds. The summed E-state index contributed by atoms with van der Waals surface area (Å²) in [6, 6.07) is 0.855. The normalized spacial score (nSPS) is 24.2. The summed E-state index contributed by atoms with van der Waals surface area (Å²) in [5.74, 6) is 0. The van der Waals surface area contributed by atoms with Crippen molar-refractivity contribution in [3.63, 3.8) is 0 Å². The maximum atomic E-state index is 5.90. The SMILES string of the molecule is CCCNC1CCCCC1.CCCOC1CC(C)(C)CC(C)(C)C1. The van der Waals surface area contributed by atoms with Gasteiger partial charge in [-0.3, -0.25) is 0 Å². The second-order valence-electron chi connectivity index (χ2n) is 9.70. The second kappa shape index (κ2) is 10.8. The van der Waals surface area contributed by atoms with Gasteiger partial charge in [-0.25, -0.2) is 0 Å². The molecule has 1 N–H and O–H groups in total. The lowest BCUT2D eigenvalue weighted by Crippen LogP contribution is -2.38. The van der Waals surface area contributed by atoms with Crippen molar-refractivity contribution in [2.45, 2.75) is 118 Å². The van der Waals surface area contributed by atoms with Crippen LogP contribution in [-0.4, -0.2) is 25.3 Å². The van der Waals surface area contributed by atoms with Crippen LogP contribution in [0.15, 0.2) is 0 Å². The van der Waals surface area contributed by atoms with Gasteiger partial charge < -0.3 is 10.1 Å². The number of ether oxygens (including phenoxy) is 1. The fourth-order valence-corrected chi connectivity index (χ4v) is 4.80. The molecule has 0 unspecified atom stereocenters. The van der Waals surface area contributed by atoms with Crippen LogP contribution in [0.1, 0.15) is 106 Å². The predicted octanol–water partition coefficient (Wildman–Crippen LogP) is 6.34. The highest BCUT2D eigenvalue weighted by molar-refractivity contribution is 4.89. The van der Waals surface area contributed by atoms with E-state index in [1.165, 1.54) is 64.3 Å². The summed E-state index contributed by atoms with van der Waals surface area (Å²) < 4.78 is 5.90. The Balaban J connectivity index is 0.000000254. The highest BCUT2D eigenvalue weighted by Crippen LogP contribution is 2.46. The zero-order valence-electron chi connectivity index (χ0n) is 17.5. The Morgan fingerprint density at radius 1 is 0.875 bits per heavy atom. The Labute approximate surface area is 152 Å². The molecule has 2 fully saturated rings. The van der Waals surface area contributed by atoms with Crippen LogP contribution in [-0.2, 0) is 4.74 Å². The minimum Gasteiger partial charge on any atom is -0.378 e. The van der Waals surface area contributed by atoms with Crippen molar-refractivity contribution in [3.8, 4) is 0 Å². The lowest BCUT2D eigenvalue weighted by molar-refractivity contribution is -0.0485. The molecule has 0 aromatic rings. The Bertz CT molecular complexity index is 302. The van der Waals surface area contributed by atoms with Gasteiger partial charge in [-0.05, 0) is 62.3 Å². The zero-order valence-corrected chi connectivity index (χ0v) is 17.5.